The Morgan fingerprint density at radius 1 is 0.891 bits per heavy atom. The highest BCUT2D eigenvalue weighted by Crippen LogP contribution is 2.38. The van der Waals surface area contributed by atoms with Crippen molar-refractivity contribution in [2.45, 2.75) is 91.7 Å². The minimum Gasteiger partial charge on any atom is -0.544 e. The Hall–Kier alpha value is -4.71. The van der Waals surface area contributed by atoms with E-state index >= 15 is 0 Å². The molecule has 13 heteroatoms. The summed E-state index contributed by atoms with van der Waals surface area (Å²) in [6.07, 6.45) is 0. The van der Waals surface area contributed by atoms with Crippen molar-refractivity contribution in [3.05, 3.63) is 127 Å². The highest BCUT2D eigenvalue weighted by atomic mass is 35.5. The molecule has 0 radical (unpaired) electrons. The second kappa shape index (κ2) is 16.6. The van der Waals surface area contributed by atoms with Gasteiger partial charge in [0.2, 0.25) is 8.32 Å². The van der Waals surface area contributed by atoms with E-state index in [4.69, 9.17) is 42.2 Å². The molecule has 2 amide bonds. The molecular formula is C42H51Cl2N5O5Si. The maximum absolute atomic E-state index is 13.4. The van der Waals surface area contributed by atoms with Crippen molar-refractivity contribution >= 4 is 43.4 Å². The number of ether oxygens (including phenoxy) is 2. The normalized spacial score (nSPS) is 12.0. The van der Waals surface area contributed by atoms with Crippen LogP contribution in [0.3, 0.4) is 0 Å². The molecule has 2 aromatic heterocycles. The first-order chi connectivity index (χ1) is 25.8. The summed E-state index contributed by atoms with van der Waals surface area (Å²) in [5.41, 5.74) is 4.19. The molecule has 2 heterocycles. The number of carbonyl (C=O) groups excluding carboxylic acids is 1. The van der Waals surface area contributed by atoms with Gasteiger partial charge in [0.1, 0.15) is 34.7 Å². The van der Waals surface area contributed by atoms with Crippen LogP contribution in [0, 0.1) is 6.92 Å². The maximum atomic E-state index is 13.4. The first-order valence-electron chi connectivity index (χ1n) is 18.1. The number of benzene rings is 3. The van der Waals surface area contributed by atoms with Crippen molar-refractivity contribution in [3.63, 3.8) is 0 Å². The lowest BCUT2D eigenvalue weighted by Gasteiger charge is -2.36. The Kier molecular flexibility index (Phi) is 12.5. The number of aryl methyl sites for hydroxylation is 1. The van der Waals surface area contributed by atoms with Gasteiger partial charge in [-0.05, 0) is 78.1 Å². The summed E-state index contributed by atoms with van der Waals surface area (Å²) in [6.45, 7) is 19.8. The maximum Gasteiger partial charge on any atom is 0.320 e. The van der Waals surface area contributed by atoms with Crippen LogP contribution in [0.25, 0.3) is 5.69 Å². The molecular weight excluding hydrogens is 753 g/mol. The number of pyridine rings is 1. The minimum absolute atomic E-state index is 0.0227. The first-order valence-corrected chi connectivity index (χ1v) is 21.8. The van der Waals surface area contributed by atoms with E-state index in [1.54, 1.807) is 34.6 Å². The standard InChI is InChI=1S/C42H51Cl2N5O5Si/c1-27-21-35(38(44)39(50)48(27)25-28-15-20-33(43)34(22-28)52-8)53-26-30-14-12-11-13-29(30)24-45-40(51)46-37-23-36(41(2,3)4)47-49(37)31-16-18-32(19-17-31)54-55(9,10)42(5,6)7/h11-23H,24-26H2,1-10H3,(H2,45,46,51). The third-order valence-electron chi connectivity index (χ3n) is 9.89. The minimum atomic E-state index is -2.01. The van der Waals surface area contributed by atoms with E-state index in [0.29, 0.717) is 22.3 Å². The summed E-state index contributed by atoms with van der Waals surface area (Å²) in [5.74, 6) is 2.15. The van der Waals surface area contributed by atoms with Gasteiger partial charge < -0.3 is 23.8 Å². The molecule has 0 aliphatic carbocycles. The number of halogens is 2. The Bertz CT molecular complexity index is 2220. The van der Waals surface area contributed by atoms with E-state index in [0.717, 1.165) is 33.8 Å². The Balaban J connectivity index is 1.27. The van der Waals surface area contributed by atoms with Crippen LogP contribution >= 0.6 is 23.2 Å². The zero-order chi connectivity index (χ0) is 40.3. The lowest BCUT2D eigenvalue weighted by molar-refractivity contribution is 0.251. The van der Waals surface area contributed by atoms with Crippen LogP contribution in [0.2, 0.25) is 28.2 Å². The van der Waals surface area contributed by atoms with Gasteiger partial charge in [-0.1, -0.05) is 95.1 Å². The third kappa shape index (κ3) is 9.94. The summed E-state index contributed by atoms with van der Waals surface area (Å²) in [4.78, 5) is 26.7. The van der Waals surface area contributed by atoms with E-state index < -0.39 is 14.3 Å². The average molecular weight is 805 g/mol. The molecule has 0 atom stereocenters. The van der Waals surface area contributed by atoms with Gasteiger partial charge in [-0.3, -0.25) is 10.1 Å². The lowest BCUT2D eigenvalue weighted by atomic mass is 9.92. The number of nitrogens with one attached hydrogen (secondary N) is 2. The SMILES string of the molecule is COc1cc(Cn2c(C)cc(OCc3ccccc3CNC(=O)Nc3cc(C(C)(C)C)nn3-c3ccc(O[Si](C)(C)C(C)(C)C)cc3)c(Cl)c2=O)ccc1Cl. The highest BCUT2D eigenvalue weighted by molar-refractivity contribution is 6.74. The number of amides is 2. The predicted octanol–water partition coefficient (Wildman–Crippen LogP) is 10.3. The van der Waals surface area contributed by atoms with Gasteiger partial charge in [0.05, 0.1) is 30.1 Å². The van der Waals surface area contributed by atoms with Crippen LogP contribution in [0.1, 0.15) is 69.6 Å². The van der Waals surface area contributed by atoms with E-state index in [2.05, 4.69) is 65.3 Å². The molecule has 292 valence electrons. The third-order valence-corrected chi connectivity index (χ3v) is 14.9. The number of carbonyl (C=O) groups is 1. The second-order valence-corrected chi connectivity index (χ2v) is 21.6. The second-order valence-electron chi connectivity index (χ2n) is 16.1. The Morgan fingerprint density at radius 2 is 1.56 bits per heavy atom. The average Bonchev–Trinajstić information content (AvgIpc) is 3.55. The summed E-state index contributed by atoms with van der Waals surface area (Å²) in [6, 6.07) is 24.0. The summed E-state index contributed by atoms with van der Waals surface area (Å²) in [7, 11) is -0.464. The van der Waals surface area contributed by atoms with E-state index in [9.17, 15) is 9.59 Å². The van der Waals surface area contributed by atoms with E-state index in [1.807, 2.05) is 67.6 Å². The Labute approximate surface area is 334 Å². The molecule has 5 aromatic rings. The van der Waals surface area contributed by atoms with Gasteiger partial charge in [-0.2, -0.15) is 5.10 Å². The number of anilines is 1. The van der Waals surface area contributed by atoms with Crippen molar-refractivity contribution in [1.82, 2.24) is 19.7 Å². The number of aromatic nitrogens is 3. The van der Waals surface area contributed by atoms with Gasteiger partial charge in [0.15, 0.2) is 0 Å². The van der Waals surface area contributed by atoms with Crippen molar-refractivity contribution in [2.24, 2.45) is 0 Å². The van der Waals surface area contributed by atoms with Crippen LogP contribution in [0.15, 0.2) is 83.7 Å². The number of methoxy groups -OCH3 is 1. The summed E-state index contributed by atoms with van der Waals surface area (Å²) >= 11 is 12.7. The first kappa shape index (κ1) is 41.5. The molecule has 5 rings (SSSR count). The van der Waals surface area contributed by atoms with Crippen molar-refractivity contribution < 1.29 is 18.7 Å². The van der Waals surface area contributed by atoms with Crippen LogP contribution in [0.5, 0.6) is 17.2 Å². The summed E-state index contributed by atoms with van der Waals surface area (Å²) in [5, 5.41) is 11.4. The van der Waals surface area contributed by atoms with Crippen LogP contribution in [-0.4, -0.2) is 35.8 Å². The highest BCUT2D eigenvalue weighted by Gasteiger charge is 2.39. The molecule has 2 N–H and O–H groups in total. The van der Waals surface area contributed by atoms with Crippen LogP contribution < -0.4 is 30.1 Å². The largest absolute Gasteiger partial charge is 0.544 e. The number of urea groups is 1. The van der Waals surface area contributed by atoms with Gasteiger partial charge in [0, 0.05) is 29.8 Å². The van der Waals surface area contributed by atoms with Crippen molar-refractivity contribution in [2.75, 3.05) is 12.4 Å². The van der Waals surface area contributed by atoms with E-state index in [-0.39, 0.29) is 46.5 Å². The molecule has 0 bridgehead atoms. The molecule has 3 aromatic carbocycles. The van der Waals surface area contributed by atoms with Gasteiger partial charge in [0.25, 0.3) is 5.56 Å². The zero-order valence-corrected chi connectivity index (χ0v) is 35.8. The molecule has 0 aliphatic rings. The van der Waals surface area contributed by atoms with Gasteiger partial charge in [-0.15, -0.1) is 0 Å². The van der Waals surface area contributed by atoms with E-state index in [1.165, 1.54) is 0 Å². The molecule has 0 saturated heterocycles. The van der Waals surface area contributed by atoms with Crippen molar-refractivity contribution in [1.29, 1.82) is 0 Å². The fourth-order valence-electron chi connectivity index (χ4n) is 5.50. The fourth-order valence-corrected chi connectivity index (χ4v) is 6.94. The number of hydrogen-bond acceptors (Lipinski definition) is 6. The van der Waals surface area contributed by atoms with Crippen LogP contribution in [-0.2, 0) is 25.1 Å². The predicted molar refractivity (Wildman–Crippen MR) is 224 cm³/mol. The van der Waals surface area contributed by atoms with Crippen molar-refractivity contribution in [3.8, 4) is 22.9 Å². The zero-order valence-electron chi connectivity index (χ0n) is 33.3. The molecule has 55 heavy (non-hydrogen) atoms. The Morgan fingerprint density at radius 3 is 2.20 bits per heavy atom. The number of rotatable bonds is 12. The molecule has 0 spiro atoms. The topological polar surface area (TPSA) is 109 Å². The lowest BCUT2D eigenvalue weighted by Crippen LogP contribution is -2.43. The number of nitrogens with zero attached hydrogens (tertiary/aromatic N) is 3. The quantitative estimate of drug-likeness (QED) is 0.122. The molecule has 10 nitrogen and oxygen atoms in total. The smallest absolute Gasteiger partial charge is 0.320 e. The molecule has 0 unspecified atom stereocenters. The number of hydrogen-bond donors (Lipinski definition) is 2. The van der Waals surface area contributed by atoms with Crippen LogP contribution in [0.4, 0.5) is 10.6 Å². The molecule has 0 aliphatic heterocycles. The fraction of sp³-hybridized carbons (Fsp3) is 0.357. The molecule has 0 fully saturated rings. The van der Waals surface area contributed by atoms with Gasteiger partial charge in [-0.25, -0.2) is 9.48 Å². The van der Waals surface area contributed by atoms with Gasteiger partial charge >= 0.3 is 6.03 Å². The summed E-state index contributed by atoms with van der Waals surface area (Å²) < 4.78 is 21.2. The monoisotopic (exact) mass is 803 g/mol. The molecule has 0 saturated carbocycles.